The van der Waals surface area contributed by atoms with E-state index >= 15 is 0 Å². The van der Waals surface area contributed by atoms with Crippen molar-refractivity contribution >= 4 is 33.7 Å². The van der Waals surface area contributed by atoms with Crippen molar-refractivity contribution in [1.29, 1.82) is 0 Å². The van der Waals surface area contributed by atoms with Crippen LogP contribution in [0.1, 0.15) is 49.0 Å². The number of hydrogen-bond acceptors (Lipinski definition) is 6. The van der Waals surface area contributed by atoms with E-state index in [-0.39, 0.29) is 5.78 Å². The summed E-state index contributed by atoms with van der Waals surface area (Å²) in [6.45, 7) is 5.81. The molecule has 1 unspecified atom stereocenters. The molecule has 6 nitrogen and oxygen atoms in total. The van der Waals surface area contributed by atoms with E-state index in [2.05, 4.69) is 28.4 Å². The van der Waals surface area contributed by atoms with Crippen LogP contribution in [0.25, 0.3) is 22.2 Å². The molecule has 1 saturated heterocycles. The third kappa shape index (κ3) is 3.24. The fourth-order valence-electron chi connectivity index (χ4n) is 5.27. The number of piperidine rings is 1. The molecule has 1 N–H and O–H groups in total. The van der Waals surface area contributed by atoms with Crippen molar-refractivity contribution in [2.24, 2.45) is 0 Å². The van der Waals surface area contributed by atoms with Gasteiger partial charge in [-0.1, -0.05) is 29.4 Å². The maximum absolute atomic E-state index is 13.8. The molecule has 1 aliphatic carbocycles. The van der Waals surface area contributed by atoms with E-state index < -0.39 is 0 Å². The Morgan fingerprint density at radius 1 is 1.12 bits per heavy atom. The maximum atomic E-state index is 13.8. The van der Waals surface area contributed by atoms with Gasteiger partial charge in [0.15, 0.2) is 11.5 Å². The molecule has 3 aromatic carbocycles. The minimum absolute atomic E-state index is 0.0111. The number of nitrogens with zero attached hydrogens (tertiary/aromatic N) is 2. The third-order valence-electron chi connectivity index (χ3n) is 6.94. The quantitative estimate of drug-likeness (QED) is 0.325. The molecule has 2 aliphatic rings. The predicted molar refractivity (Wildman–Crippen MR) is 134 cm³/mol. The fraction of sp³-hybridized carbons (Fsp3) is 0.286. The number of anilines is 3. The van der Waals surface area contributed by atoms with Crippen LogP contribution in [0, 0.1) is 0 Å². The highest BCUT2D eigenvalue weighted by Gasteiger charge is 2.34. The molecular weight excluding hydrogens is 426 g/mol. The molecule has 6 heteroatoms. The van der Waals surface area contributed by atoms with Crippen LogP contribution in [0.4, 0.5) is 17.1 Å². The van der Waals surface area contributed by atoms with Gasteiger partial charge in [-0.25, -0.2) is 0 Å². The van der Waals surface area contributed by atoms with Crippen molar-refractivity contribution in [2.75, 3.05) is 23.4 Å². The number of rotatable bonds is 5. The van der Waals surface area contributed by atoms with Crippen LogP contribution < -0.4 is 15.0 Å². The Hall–Kier alpha value is -3.80. The van der Waals surface area contributed by atoms with Crippen LogP contribution in [-0.4, -0.2) is 30.1 Å². The van der Waals surface area contributed by atoms with Gasteiger partial charge in [0.2, 0.25) is 0 Å². The lowest BCUT2D eigenvalue weighted by Crippen LogP contribution is -2.37. The van der Waals surface area contributed by atoms with Gasteiger partial charge >= 0.3 is 0 Å². The lowest BCUT2D eigenvalue weighted by Gasteiger charge is -2.36. The zero-order valence-corrected chi connectivity index (χ0v) is 19.4. The summed E-state index contributed by atoms with van der Waals surface area (Å²) < 4.78 is 11.5. The van der Waals surface area contributed by atoms with Crippen molar-refractivity contribution in [3.8, 4) is 17.1 Å². The second-order valence-electron chi connectivity index (χ2n) is 9.05. The molecule has 0 amide bonds. The first kappa shape index (κ1) is 20.8. The number of ether oxygens (including phenoxy) is 1. The topological polar surface area (TPSA) is 67.6 Å². The van der Waals surface area contributed by atoms with E-state index in [0.29, 0.717) is 29.5 Å². The van der Waals surface area contributed by atoms with Gasteiger partial charge in [0.25, 0.3) is 0 Å². The van der Waals surface area contributed by atoms with Gasteiger partial charge in [0, 0.05) is 29.4 Å². The number of carbonyl (C=O) groups excluding carboxylic acids is 1. The summed E-state index contributed by atoms with van der Waals surface area (Å²) >= 11 is 0. The number of aromatic nitrogens is 1. The molecule has 4 aromatic rings. The molecule has 34 heavy (non-hydrogen) atoms. The molecule has 6 rings (SSSR count). The monoisotopic (exact) mass is 453 g/mol. The summed E-state index contributed by atoms with van der Waals surface area (Å²) in [6.07, 6.45) is 3.51. The zero-order chi connectivity index (χ0) is 23.2. The number of ketones is 1. The van der Waals surface area contributed by atoms with E-state index in [1.807, 2.05) is 55.5 Å². The zero-order valence-electron chi connectivity index (χ0n) is 19.4. The lowest BCUT2D eigenvalue weighted by atomic mass is 9.86. The number of hydrogen-bond donors (Lipinski definition) is 1. The predicted octanol–water partition coefficient (Wildman–Crippen LogP) is 6.56. The third-order valence-corrected chi connectivity index (χ3v) is 6.94. The molecule has 0 radical (unpaired) electrons. The Kier molecular flexibility index (Phi) is 5.01. The normalized spacial score (nSPS) is 17.1. The van der Waals surface area contributed by atoms with Crippen molar-refractivity contribution in [1.82, 2.24) is 5.16 Å². The fourth-order valence-corrected chi connectivity index (χ4v) is 5.27. The van der Waals surface area contributed by atoms with Gasteiger partial charge in [-0.3, -0.25) is 4.79 Å². The molecule has 0 saturated carbocycles. The Morgan fingerprint density at radius 3 is 2.68 bits per heavy atom. The van der Waals surface area contributed by atoms with Crippen molar-refractivity contribution in [2.45, 2.75) is 39.2 Å². The van der Waals surface area contributed by atoms with Crippen molar-refractivity contribution in [3.05, 3.63) is 65.7 Å². The van der Waals surface area contributed by atoms with Crippen LogP contribution in [0.15, 0.2) is 59.1 Å². The van der Waals surface area contributed by atoms with Crippen LogP contribution >= 0.6 is 0 Å². The number of benzene rings is 3. The largest absolute Gasteiger partial charge is 0.494 e. The van der Waals surface area contributed by atoms with Gasteiger partial charge in [0.1, 0.15) is 11.3 Å². The van der Waals surface area contributed by atoms with E-state index in [4.69, 9.17) is 9.26 Å². The summed E-state index contributed by atoms with van der Waals surface area (Å²) in [5.41, 5.74) is 5.50. The summed E-state index contributed by atoms with van der Waals surface area (Å²) in [5, 5.41) is 8.82. The van der Waals surface area contributed by atoms with Crippen LogP contribution in [-0.2, 0) is 0 Å². The highest BCUT2D eigenvalue weighted by Crippen LogP contribution is 2.47. The molecule has 1 atom stereocenters. The van der Waals surface area contributed by atoms with Gasteiger partial charge in [-0.05, 0) is 63.4 Å². The smallest absolute Gasteiger partial charge is 0.196 e. The molecule has 1 aromatic heterocycles. The molecule has 1 fully saturated rings. The Morgan fingerprint density at radius 2 is 1.91 bits per heavy atom. The summed E-state index contributed by atoms with van der Waals surface area (Å²) in [4.78, 5) is 16.2. The highest BCUT2D eigenvalue weighted by molar-refractivity contribution is 6.28. The van der Waals surface area contributed by atoms with Crippen molar-refractivity contribution < 1.29 is 14.1 Å². The van der Waals surface area contributed by atoms with E-state index in [1.54, 1.807) is 0 Å². The summed E-state index contributed by atoms with van der Waals surface area (Å²) in [6, 6.07) is 17.9. The van der Waals surface area contributed by atoms with Gasteiger partial charge in [0.05, 0.1) is 28.9 Å². The molecular formula is C28H27N3O3. The average Bonchev–Trinajstić information content (AvgIpc) is 3.30. The van der Waals surface area contributed by atoms with E-state index in [9.17, 15) is 4.79 Å². The highest BCUT2D eigenvalue weighted by atomic mass is 16.5. The number of nitrogens with one attached hydrogen (secondary N) is 1. The van der Waals surface area contributed by atoms with Crippen LogP contribution in [0.2, 0.25) is 0 Å². The standard InChI is InChI=1S/C28H27N3O3/c1-3-33-19-13-11-18(12-14-19)29-22-16-23(31-15-7-6-8-17(31)2)26-25-24(22)27(32)20-9-4-5-10-21(20)28(25)34-30-26/h4-5,9-14,16-17,29H,3,6-8,15H2,1-2H3. The molecule has 0 spiro atoms. The Bertz CT molecular complexity index is 1390. The maximum Gasteiger partial charge on any atom is 0.196 e. The summed E-state index contributed by atoms with van der Waals surface area (Å²) in [7, 11) is 0. The Balaban J connectivity index is 1.55. The van der Waals surface area contributed by atoms with E-state index in [0.717, 1.165) is 58.7 Å². The molecule has 1 aliphatic heterocycles. The number of fused-ring (bicyclic) bond motifs is 2. The number of carbonyl (C=O) groups is 1. The van der Waals surface area contributed by atoms with Crippen molar-refractivity contribution in [3.63, 3.8) is 0 Å². The van der Waals surface area contributed by atoms with Crippen LogP contribution in [0.3, 0.4) is 0 Å². The molecule has 2 heterocycles. The van der Waals surface area contributed by atoms with Crippen LogP contribution in [0.5, 0.6) is 5.75 Å². The average molecular weight is 454 g/mol. The second-order valence-corrected chi connectivity index (χ2v) is 9.05. The Labute approximate surface area is 198 Å². The van der Waals surface area contributed by atoms with Gasteiger partial charge in [-0.15, -0.1) is 0 Å². The second kappa shape index (κ2) is 8.20. The molecule has 172 valence electrons. The first-order valence-electron chi connectivity index (χ1n) is 12.0. The SMILES string of the molecule is CCOc1ccc(Nc2cc(N3CCCCC3C)c3noc4c3c2C(=O)c2ccccc2-4)cc1. The summed E-state index contributed by atoms with van der Waals surface area (Å²) in [5.74, 6) is 1.48. The minimum atomic E-state index is -0.0111. The van der Waals surface area contributed by atoms with Gasteiger partial charge < -0.3 is 19.5 Å². The van der Waals surface area contributed by atoms with E-state index in [1.165, 1.54) is 6.42 Å². The first-order valence-corrected chi connectivity index (χ1v) is 12.0. The minimum Gasteiger partial charge on any atom is -0.494 e. The van der Waals surface area contributed by atoms with Gasteiger partial charge in [-0.2, -0.15) is 0 Å². The first-order chi connectivity index (χ1) is 16.7. The molecule has 0 bridgehead atoms. The lowest BCUT2D eigenvalue weighted by molar-refractivity contribution is 0.104.